The zero-order chi connectivity index (χ0) is 61.3. The normalized spacial score (nSPS) is 33.2. The molecule has 18 nitrogen and oxygen atoms in total. The Morgan fingerprint density at radius 3 is 2.23 bits per heavy atom. The van der Waals surface area contributed by atoms with E-state index >= 15 is 0 Å². The van der Waals surface area contributed by atoms with Gasteiger partial charge < -0.3 is 53.4 Å². The van der Waals surface area contributed by atoms with Crippen LogP contribution in [-0.4, -0.2) is 162 Å². The molecule has 0 radical (unpaired) electrons. The van der Waals surface area contributed by atoms with Gasteiger partial charge in [-0.1, -0.05) is 88.8 Å². The molecule has 1 aromatic rings. The van der Waals surface area contributed by atoms with Crippen LogP contribution in [-0.2, 0) is 58.9 Å². The van der Waals surface area contributed by atoms with Gasteiger partial charge in [0.25, 0.3) is 11.7 Å². The van der Waals surface area contributed by atoms with Gasteiger partial charge >= 0.3 is 12.1 Å². The number of benzene rings is 1. The zero-order valence-electron chi connectivity index (χ0n) is 51.7. The molecule has 18 heteroatoms. The molecule has 15 atom stereocenters. The van der Waals surface area contributed by atoms with Gasteiger partial charge in [0.2, 0.25) is 5.79 Å². The molecular formula is C65H98N2O16. The van der Waals surface area contributed by atoms with Crippen LogP contribution in [0.5, 0.6) is 5.75 Å². The molecule has 464 valence electrons. The number of ketones is 3. The van der Waals surface area contributed by atoms with Crippen molar-refractivity contribution in [1.82, 2.24) is 9.80 Å². The smallest absolute Gasteiger partial charge is 0.411 e. The molecule has 2 amide bonds. The van der Waals surface area contributed by atoms with Crippen LogP contribution in [0.4, 0.5) is 4.79 Å². The number of ether oxygens (including phenoxy) is 7. The molecule has 3 N–H and O–H groups in total. The van der Waals surface area contributed by atoms with Crippen molar-refractivity contribution < 1.29 is 77.2 Å². The van der Waals surface area contributed by atoms with E-state index < -0.39 is 95.5 Å². The highest BCUT2D eigenvalue weighted by Gasteiger charge is 2.53. The van der Waals surface area contributed by atoms with Crippen LogP contribution in [0.3, 0.4) is 0 Å². The Bertz CT molecular complexity index is 2450. The Hall–Kier alpha value is -5.08. The molecule has 0 aromatic heterocycles. The molecule has 83 heavy (non-hydrogen) atoms. The van der Waals surface area contributed by atoms with Gasteiger partial charge in [0, 0.05) is 58.6 Å². The first-order valence-corrected chi connectivity index (χ1v) is 30.1. The van der Waals surface area contributed by atoms with Crippen molar-refractivity contribution in [2.45, 2.75) is 213 Å². The number of methoxy groups -OCH3 is 3. The van der Waals surface area contributed by atoms with Crippen molar-refractivity contribution in [3.05, 3.63) is 77.4 Å². The van der Waals surface area contributed by atoms with Gasteiger partial charge in [-0.2, -0.15) is 0 Å². The van der Waals surface area contributed by atoms with Crippen molar-refractivity contribution in [1.29, 1.82) is 0 Å². The highest BCUT2D eigenvalue weighted by atomic mass is 16.6. The number of carbonyl (C=O) groups excluding carboxylic acids is 6. The summed E-state index contributed by atoms with van der Waals surface area (Å²) in [5.41, 5.74) is 0.946. The van der Waals surface area contributed by atoms with Gasteiger partial charge in [0.1, 0.15) is 48.1 Å². The number of esters is 1. The summed E-state index contributed by atoms with van der Waals surface area (Å²) in [6.45, 7) is 18.7. The second-order valence-corrected chi connectivity index (χ2v) is 25.0. The average molecular weight is 1160 g/mol. The van der Waals surface area contributed by atoms with E-state index in [1.165, 1.54) is 7.11 Å². The number of Topliss-reactive ketones (excluding diaryl/α,β-unsaturated/α-hetero) is 3. The fourth-order valence-corrected chi connectivity index (χ4v) is 12.0. The van der Waals surface area contributed by atoms with Crippen LogP contribution in [0.1, 0.15) is 152 Å². The van der Waals surface area contributed by atoms with Crippen LogP contribution < -0.4 is 4.74 Å². The summed E-state index contributed by atoms with van der Waals surface area (Å²) in [5.74, 6) is -8.23. The number of hydrogen-bond donors (Lipinski definition) is 3. The molecule has 1 aromatic carbocycles. The maximum atomic E-state index is 14.8. The molecule has 0 spiro atoms. The zero-order valence-corrected chi connectivity index (χ0v) is 51.7. The molecule has 3 fully saturated rings. The van der Waals surface area contributed by atoms with Gasteiger partial charge in [-0.05, 0) is 146 Å². The third-order valence-corrected chi connectivity index (χ3v) is 17.1. The van der Waals surface area contributed by atoms with Gasteiger partial charge in [-0.25, -0.2) is 9.59 Å². The van der Waals surface area contributed by atoms with Crippen LogP contribution in [0, 0.1) is 35.5 Å². The summed E-state index contributed by atoms with van der Waals surface area (Å²) in [6, 6.07) is 5.36. The second-order valence-electron chi connectivity index (χ2n) is 25.0. The van der Waals surface area contributed by atoms with Crippen molar-refractivity contribution in [2.24, 2.45) is 35.5 Å². The maximum Gasteiger partial charge on any atom is 0.411 e. The van der Waals surface area contributed by atoms with Crippen molar-refractivity contribution >= 4 is 35.3 Å². The van der Waals surface area contributed by atoms with Crippen molar-refractivity contribution in [3.63, 3.8) is 0 Å². The van der Waals surface area contributed by atoms with E-state index in [1.54, 1.807) is 73.7 Å². The SMILES string of the molecule is COCCOc1ccc(CN(C(=O)OC(C)(C)C)C2C[C@@H]3CC[C@@H](C)[C@@](O)(O3)C(=O)C(=O)N3CCCC[C@H]3C(=O)O[C@H]([C@H](C)C[C@@H]3CC[C@@H](O)[C@H](OC)C3)CC(=O)[C@H](C)/C=C(\C)[C@@H](O)[C@@H](OC)C(=O)[C@H](C)C[C@H](C)/C=C/C=CC=C2C)cc1. The number of amides is 2. The number of allylic oxidation sites excluding steroid dienone is 6. The molecular weight excluding hydrogens is 1060 g/mol. The highest BCUT2D eigenvalue weighted by Crippen LogP contribution is 2.39. The highest BCUT2D eigenvalue weighted by molar-refractivity contribution is 6.39. The lowest BCUT2D eigenvalue weighted by atomic mass is 9.78. The van der Waals surface area contributed by atoms with E-state index in [2.05, 4.69) is 0 Å². The van der Waals surface area contributed by atoms with Crippen LogP contribution in [0.2, 0.25) is 0 Å². The van der Waals surface area contributed by atoms with E-state index in [4.69, 9.17) is 33.2 Å². The molecule has 4 aliphatic rings. The fourth-order valence-electron chi connectivity index (χ4n) is 12.0. The predicted octanol–water partition coefficient (Wildman–Crippen LogP) is 9.00. The van der Waals surface area contributed by atoms with E-state index in [-0.39, 0.29) is 74.2 Å². The van der Waals surface area contributed by atoms with Crippen LogP contribution in [0.25, 0.3) is 0 Å². The second kappa shape index (κ2) is 31.9. The van der Waals surface area contributed by atoms with Gasteiger partial charge in [-0.3, -0.25) is 24.1 Å². The number of carbonyl (C=O) groups is 6. The Morgan fingerprint density at radius 1 is 0.855 bits per heavy atom. The number of piperidine rings is 1. The van der Waals surface area contributed by atoms with Gasteiger partial charge in [0.05, 0.1) is 31.0 Å². The minimum atomic E-state index is -2.61. The number of fused-ring (bicyclic) bond motifs is 3. The largest absolute Gasteiger partial charge is 0.491 e. The summed E-state index contributed by atoms with van der Waals surface area (Å²) in [7, 11) is 4.52. The number of hydrogen-bond acceptors (Lipinski definition) is 16. The molecule has 3 heterocycles. The van der Waals surface area contributed by atoms with Crippen molar-refractivity contribution in [3.8, 4) is 5.75 Å². The lowest BCUT2D eigenvalue weighted by Crippen LogP contribution is -2.61. The van der Waals surface area contributed by atoms with Crippen LogP contribution >= 0.6 is 0 Å². The number of nitrogens with zero attached hydrogens (tertiary/aromatic N) is 2. The van der Waals surface area contributed by atoms with E-state index in [9.17, 15) is 44.1 Å². The summed E-state index contributed by atoms with van der Waals surface area (Å²) < 4.78 is 41.1. The van der Waals surface area contributed by atoms with Crippen LogP contribution in [0.15, 0.2) is 71.9 Å². The minimum absolute atomic E-state index is 0.0200. The molecule has 5 rings (SSSR count). The molecule has 2 bridgehead atoms. The average Bonchev–Trinajstić information content (AvgIpc) is 3.53. The first-order chi connectivity index (χ1) is 39.2. The monoisotopic (exact) mass is 1160 g/mol. The Kier molecular flexibility index (Phi) is 26.4. The third-order valence-electron chi connectivity index (χ3n) is 17.1. The van der Waals surface area contributed by atoms with E-state index in [0.29, 0.717) is 81.5 Å². The number of cyclic esters (lactones) is 1. The standard InChI is InChI=1S/C65H98N2O16/c1-40-19-15-14-16-20-41(2)52(67(63(75)83-64(8,9)10)39-47-23-27-49(28-24-47)80-32-31-77-11)37-50-26-22-46(7)65(76,82-50)60(72)61(73)66-30-18-17-21-51(66)62(74)81-55(43(4)35-48-25-29-53(68)56(36-48)78-12)38-54(69)42(3)34-45(6)58(71)59(79-13)57(70)44(5)33-40/h14-16,19-20,23-24,27-28,34,40,42-44,46,48,50-53,55-56,58-59,68,71,76H,17-18,21-22,25-26,29-33,35-39H2,1-13H3/b16-14?,19-15+,41-20?,45-34+/t40-,42-,43-,44-,46-,48+,50+,51+,52?,53-,55+,56-,58-,59+,65-/m1/s1. The summed E-state index contributed by atoms with van der Waals surface area (Å²) in [5, 5.41) is 34.7. The first-order valence-electron chi connectivity index (χ1n) is 30.1. The topological polar surface area (TPSA) is 234 Å². The van der Waals surface area contributed by atoms with E-state index in [0.717, 1.165) is 10.5 Å². The number of aliphatic hydroxyl groups excluding tert-OH is 2. The Balaban J connectivity index is 1.57. The minimum Gasteiger partial charge on any atom is -0.491 e. The van der Waals surface area contributed by atoms with Gasteiger partial charge in [-0.15, -0.1) is 0 Å². The molecule has 1 saturated carbocycles. The summed E-state index contributed by atoms with van der Waals surface area (Å²) in [6.07, 6.45) is 9.38. The predicted molar refractivity (Wildman–Crippen MR) is 314 cm³/mol. The fraction of sp³-hybridized carbons (Fsp3) is 0.692. The number of rotatable bonds is 12. The third kappa shape index (κ3) is 19.5. The Labute approximate surface area is 493 Å². The molecule has 1 aliphatic carbocycles. The molecule has 3 aliphatic heterocycles. The molecule has 2 saturated heterocycles. The summed E-state index contributed by atoms with van der Waals surface area (Å²) in [4.78, 5) is 89.9. The quantitative estimate of drug-likeness (QED) is 0.0766. The first kappa shape index (κ1) is 68.7. The Morgan fingerprint density at radius 2 is 1.57 bits per heavy atom. The number of aliphatic hydroxyl groups is 3. The van der Waals surface area contributed by atoms with Crippen molar-refractivity contribution in [2.75, 3.05) is 41.1 Å². The van der Waals surface area contributed by atoms with E-state index in [1.807, 2.05) is 75.4 Å². The lowest BCUT2D eigenvalue weighted by molar-refractivity contribution is -0.264. The molecule has 1 unspecified atom stereocenters. The summed E-state index contributed by atoms with van der Waals surface area (Å²) >= 11 is 0. The van der Waals surface area contributed by atoms with Gasteiger partial charge in [0.15, 0.2) is 5.78 Å². The lowest BCUT2D eigenvalue weighted by Gasteiger charge is -2.44. The maximum absolute atomic E-state index is 14.8.